The molecule has 0 aromatic heterocycles. The first-order valence-corrected chi connectivity index (χ1v) is 5.27. The largest absolute Gasteiger partial charge is 0.508 e. The van der Waals surface area contributed by atoms with Crippen molar-refractivity contribution in [1.82, 2.24) is 0 Å². The summed E-state index contributed by atoms with van der Waals surface area (Å²) >= 11 is 5.54. The highest BCUT2D eigenvalue weighted by Crippen LogP contribution is 2.22. The Morgan fingerprint density at radius 3 is 2.64 bits per heavy atom. The summed E-state index contributed by atoms with van der Waals surface area (Å²) in [6.07, 6.45) is 1.22. The zero-order chi connectivity index (χ0) is 10.6. The molecule has 0 heterocycles. The van der Waals surface area contributed by atoms with Gasteiger partial charge < -0.3 is 10.2 Å². The van der Waals surface area contributed by atoms with Crippen LogP contribution < -0.4 is 0 Å². The summed E-state index contributed by atoms with van der Waals surface area (Å²) in [6, 6.07) is 5.15. The third-order valence-corrected chi connectivity index (χ3v) is 2.36. The predicted octanol–water partition coefficient (Wildman–Crippen LogP) is 2.62. The number of hydrogen-bond acceptors (Lipinski definition) is 2. The highest BCUT2D eigenvalue weighted by Gasteiger charge is 2.08. The van der Waals surface area contributed by atoms with Crippen molar-refractivity contribution in [3.8, 4) is 5.75 Å². The molecular formula is C11H15ClO2. The van der Waals surface area contributed by atoms with Gasteiger partial charge in [-0.15, -0.1) is 11.6 Å². The Morgan fingerprint density at radius 2 is 2.07 bits per heavy atom. The second-order valence-electron chi connectivity index (χ2n) is 3.35. The van der Waals surface area contributed by atoms with Crippen molar-refractivity contribution in [1.29, 1.82) is 0 Å². The average Bonchev–Trinajstić information content (AvgIpc) is 2.16. The summed E-state index contributed by atoms with van der Waals surface area (Å²) in [5.41, 5.74) is 1.72. The summed E-state index contributed by atoms with van der Waals surface area (Å²) in [5, 5.41) is 18.9. The maximum Gasteiger partial charge on any atom is 0.116 e. The quantitative estimate of drug-likeness (QED) is 0.757. The molecule has 1 aromatic rings. The molecule has 1 rings (SSSR count). The number of aliphatic hydroxyl groups is 1. The minimum Gasteiger partial charge on any atom is -0.508 e. The number of rotatable bonds is 4. The molecule has 0 amide bonds. The van der Waals surface area contributed by atoms with Gasteiger partial charge in [-0.3, -0.25) is 0 Å². The van der Waals surface area contributed by atoms with Gasteiger partial charge in [-0.25, -0.2) is 0 Å². The molecule has 78 valence electrons. The number of aryl methyl sites for hydroxylation is 1. The van der Waals surface area contributed by atoms with E-state index in [0.717, 1.165) is 18.4 Å². The molecule has 0 fully saturated rings. The molecule has 0 unspecified atom stereocenters. The fourth-order valence-corrected chi connectivity index (χ4v) is 1.59. The van der Waals surface area contributed by atoms with Crippen LogP contribution in [0.2, 0.25) is 0 Å². The molecule has 0 saturated heterocycles. The molecule has 3 heteroatoms. The van der Waals surface area contributed by atoms with Crippen LogP contribution in [0.4, 0.5) is 0 Å². The monoisotopic (exact) mass is 214 g/mol. The van der Waals surface area contributed by atoms with Crippen LogP contribution in [-0.4, -0.2) is 16.1 Å². The molecule has 0 saturated carbocycles. The highest BCUT2D eigenvalue weighted by molar-refractivity contribution is 6.18. The van der Waals surface area contributed by atoms with Gasteiger partial charge in [0.15, 0.2) is 0 Å². The highest BCUT2D eigenvalue weighted by atomic mass is 35.5. The molecule has 0 aliphatic carbocycles. The van der Waals surface area contributed by atoms with E-state index in [1.54, 1.807) is 12.1 Å². The smallest absolute Gasteiger partial charge is 0.116 e. The molecular weight excluding hydrogens is 200 g/mol. The van der Waals surface area contributed by atoms with Crippen LogP contribution in [0.5, 0.6) is 5.75 Å². The molecule has 1 atom stereocenters. The maximum atomic E-state index is 9.50. The topological polar surface area (TPSA) is 40.5 Å². The van der Waals surface area contributed by atoms with Crippen LogP contribution >= 0.6 is 11.6 Å². The minimum atomic E-state index is -0.695. The number of aromatic hydroxyl groups is 1. The molecule has 0 radical (unpaired) electrons. The first-order valence-electron chi connectivity index (χ1n) is 4.74. The van der Waals surface area contributed by atoms with E-state index >= 15 is 0 Å². The fourth-order valence-electron chi connectivity index (χ4n) is 1.41. The summed E-state index contributed by atoms with van der Waals surface area (Å²) < 4.78 is 0. The Kier molecular flexibility index (Phi) is 4.23. The number of phenolic OH excluding ortho intramolecular Hbond substituents is 1. The lowest BCUT2D eigenvalue weighted by Crippen LogP contribution is -1.99. The van der Waals surface area contributed by atoms with Gasteiger partial charge in [0.1, 0.15) is 5.75 Å². The zero-order valence-corrected chi connectivity index (χ0v) is 8.96. The Hall–Kier alpha value is -0.730. The summed E-state index contributed by atoms with van der Waals surface area (Å²) in [4.78, 5) is 0. The first-order chi connectivity index (χ1) is 6.67. The molecule has 0 bridgehead atoms. The fraction of sp³-hybridized carbons (Fsp3) is 0.455. The van der Waals surface area contributed by atoms with Crippen molar-refractivity contribution in [3.05, 3.63) is 29.3 Å². The van der Waals surface area contributed by atoms with E-state index in [2.05, 4.69) is 6.92 Å². The second-order valence-corrected chi connectivity index (χ2v) is 3.66. The van der Waals surface area contributed by atoms with Crippen molar-refractivity contribution in [2.24, 2.45) is 0 Å². The van der Waals surface area contributed by atoms with Crippen LogP contribution in [-0.2, 0) is 6.42 Å². The third kappa shape index (κ3) is 2.89. The van der Waals surface area contributed by atoms with Gasteiger partial charge in [0.25, 0.3) is 0 Å². The Bertz CT molecular complexity index is 299. The van der Waals surface area contributed by atoms with Crippen molar-refractivity contribution in [2.75, 3.05) is 5.88 Å². The van der Waals surface area contributed by atoms with Gasteiger partial charge in [0, 0.05) is 0 Å². The van der Waals surface area contributed by atoms with Crippen LogP contribution in [0.3, 0.4) is 0 Å². The van der Waals surface area contributed by atoms with E-state index in [-0.39, 0.29) is 11.6 Å². The number of alkyl halides is 1. The molecule has 0 aliphatic heterocycles. The normalized spacial score (nSPS) is 12.8. The number of phenols is 1. The number of hydrogen-bond donors (Lipinski definition) is 2. The summed E-state index contributed by atoms with van der Waals surface area (Å²) in [7, 11) is 0. The molecule has 2 nitrogen and oxygen atoms in total. The van der Waals surface area contributed by atoms with Crippen LogP contribution in [0.1, 0.15) is 30.6 Å². The first kappa shape index (κ1) is 11.3. The van der Waals surface area contributed by atoms with Crippen LogP contribution in [0.25, 0.3) is 0 Å². The Balaban J connectivity index is 2.94. The van der Waals surface area contributed by atoms with Crippen LogP contribution in [0.15, 0.2) is 18.2 Å². The van der Waals surface area contributed by atoms with Crippen molar-refractivity contribution < 1.29 is 10.2 Å². The number of aliphatic hydroxyl groups excluding tert-OH is 1. The predicted molar refractivity (Wildman–Crippen MR) is 57.8 cm³/mol. The standard InChI is InChI=1S/C11H15ClO2/c1-2-3-8-4-9(11(14)7-12)6-10(13)5-8/h4-6,11,13-14H,2-3,7H2,1H3/t11-/m0/s1. The van der Waals surface area contributed by atoms with E-state index in [9.17, 15) is 10.2 Å². The average molecular weight is 215 g/mol. The summed E-state index contributed by atoms with van der Waals surface area (Å²) in [6.45, 7) is 2.07. The number of halogens is 1. The molecule has 14 heavy (non-hydrogen) atoms. The lowest BCUT2D eigenvalue weighted by atomic mass is 10.0. The van der Waals surface area contributed by atoms with Gasteiger partial charge in [-0.2, -0.15) is 0 Å². The van der Waals surface area contributed by atoms with Gasteiger partial charge in [-0.1, -0.05) is 19.4 Å². The maximum absolute atomic E-state index is 9.50. The zero-order valence-electron chi connectivity index (χ0n) is 8.20. The van der Waals surface area contributed by atoms with E-state index in [1.807, 2.05) is 6.07 Å². The second kappa shape index (κ2) is 5.23. The van der Waals surface area contributed by atoms with E-state index in [4.69, 9.17) is 11.6 Å². The van der Waals surface area contributed by atoms with E-state index < -0.39 is 6.10 Å². The van der Waals surface area contributed by atoms with Crippen LogP contribution in [0, 0.1) is 0 Å². The van der Waals surface area contributed by atoms with Crippen molar-refractivity contribution >= 4 is 11.6 Å². The van der Waals surface area contributed by atoms with Crippen molar-refractivity contribution in [3.63, 3.8) is 0 Å². The molecule has 2 N–H and O–H groups in total. The van der Waals surface area contributed by atoms with Crippen molar-refractivity contribution in [2.45, 2.75) is 25.9 Å². The summed E-state index contributed by atoms with van der Waals surface area (Å²) in [5.74, 6) is 0.338. The van der Waals surface area contributed by atoms with Gasteiger partial charge >= 0.3 is 0 Å². The van der Waals surface area contributed by atoms with E-state index in [0.29, 0.717) is 5.56 Å². The Labute approximate surface area is 89.1 Å². The number of benzene rings is 1. The van der Waals surface area contributed by atoms with Gasteiger partial charge in [0.2, 0.25) is 0 Å². The Morgan fingerprint density at radius 1 is 1.36 bits per heavy atom. The van der Waals surface area contributed by atoms with Gasteiger partial charge in [0.05, 0.1) is 12.0 Å². The van der Waals surface area contributed by atoms with E-state index in [1.165, 1.54) is 0 Å². The molecule has 0 aliphatic rings. The third-order valence-electron chi connectivity index (χ3n) is 2.07. The lowest BCUT2D eigenvalue weighted by Gasteiger charge is -2.09. The van der Waals surface area contributed by atoms with Gasteiger partial charge in [-0.05, 0) is 29.7 Å². The minimum absolute atomic E-state index is 0.148. The molecule has 1 aromatic carbocycles. The molecule has 0 spiro atoms. The lowest BCUT2D eigenvalue weighted by molar-refractivity contribution is 0.202. The SMILES string of the molecule is CCCc1cc(O)cc([C@@H](O)CCl)c1.